The van der Waals surface area contributed by atoms with Crippen LogP contribution in [0.15, 0.2) is 24.3 Å². The molecule has 1 N–H and O–H groups in total. The van der Waals surface area contributed by atoms with Crippen LogP contribution in [-0.4, -0.2) is 47.9 Å². The van der Waals surface area contributed by atoms with Crippen molar-refractivity contribution in [1.82, 2.24) is 4.90 Å². The molecule has 0 radical (unpaired) electrons. The highest BCUT2D eigenvalue weighted by molar-refractivity contribution is 5.70. The average Bonchev–Trinajstić information content (AvgIpc) is 2.61. The zero-order valence-corrected chi connectivity index (χ0v) is 17.0. The summed E-state index contributed by atoms with van der Waals surface area (Å²) in [6.07, 6.45) is -0.201. The van der Waals surface area contributed by atoms with Gasteiger partial charge in [-0.15, -0.1) is 0 Å². The van der Waals surface area contributed by atoms with Gasteiger partial charge in [-0.25, -0.2) is 14.0 Å². The summed E-state index contributed by atoms with van der Waals surface area (Å²) in [4.78, 5) is 25.2. The molecule has 0 spiro atoms. The van der Waals surface area contributed by atoms with E-state index in [4.69, 9.17) is 9.47 Å². The van der Waals surface area contributed by atoms with Crippen molar-refractivity contribution in [2.45, 2.75) is 52.7 Å². The van der Waals surface area contributed by atoms with Crippen molar-refractivity contribution in [2.24, 2.45) is 11.3 Å². The number of halogens is 1. The highest BCUT2D eigenvalue weighted by Crippen LogP contribution is 2.43. The number of hydrogen-bond acceptors (Lipinski definition) is 4. The minimum Gasteiger partial charge on any atom is -0.465 e. The molecule has 0 bridgehead atoms. The smallest absolute Gasteiger partial charge is 0.407 e. The molecular weight excluding hydrogens is 365 g/mol. The van der Waals surface area contributed by atoms with Gasteiger partial charge in [-0.05, 0) is 42.9 Å². The molecule has 0 saturated carbocycles. The Bertz CT molecular complexity index is 688. The van der Waals surface area contributed by atoms with E-state index >= 15 is 0 Å². The lowest BCUT2D eigenvalue weighted by molar-refractivity contribution is -0.154. The zero-order valence-electron chi connectivity index (χ0n) is 17.0. The molecule has 7 heteroatoms. The van der Waals surface area contributed by atoms with Crippen molar-refractivity contribution in [1.29, 1.82) is 0 Å². The number of esters is 1. The van der Waals surface area contributed by atoms with Gasteiger partial charge < -0.3 is 19.5 Å². The Balaban J connectivity index is 2.40. The Morgan fingerprint density at radius 1 is 1.36 bits per heavy atom. The molecule has 1 saturated heterocycles. The fraction of sp³-hybridized carbons (Fsp3) is 0.619. The number of likely N-dealkylation sites (tertiary alicyclic amines) is 1. The Morgan fingerprint density at radius 3 is 2.64 bits per heavy atom. The van der Waals surface area contributed by atoms with E-state index in [9.17, 15) is 19.1 Å². The quantitative estimate of drug-likeness (QED) is 0.729. The van der Waals surface area contributed by atoms with E-state index in [1.54, 1.807) is 19.1 Å². The first-order valence-electron chi connectivity index (χ1n) is 9.67. The first-order valence-corrected chi connectivity index (χ1v) is 9.67. The minimum absolute atomic E-state index is 0.221. The number of hydrogen-bond donors (Lipinski definition) is 1. The Hall–Kier alpha value is -2.15. The van der Waals surface area contributed by atoms with E-state index in [0.29, 0.717) is 18.5 Å². The van der Waals surface area contributed by atoms with Crippen molar-refractivity contribution in [2.75, 3.05) is 19.8 Å². The number of ether oxygens (including phenoxy) is 2. The summed E-state index contributed by atoms with van der Waals surface area (Å²) in [7, 11) is 0. The van der Waals surface area contributed by atoms with Crippen LogP contribution in [0.25, 0.3) is 0 Å². The number of piperidine rings is 1. The van der Waals surface area contributed by atoms with Gasteiger partial charge in [0.2, 0.25) is 0 Å². The second kappa shape index (κ2) is 9.37. The third-order valence-electron chi connectivity index (χ3n) is 5.06. The molecule has 1 amide bonds. The van der Waals surface area contributed by atoms with Crippen molar-refractivity contribution < 1.29 is 28.6 Å². The van der Waals surface area contributed by atoms with Gasteiger partial charge >= 0.3 is 12.1 Å². The molecule has 1 aromatic rings. The van der Waals surface area contributed by atoms with Gasteiger partial charge in [0, 0.05) is 18.5 Å². The Morgan fingerprint density at radius 2 is 2.07 bits per heavy atom. The molecule has 1 aromatic carbocycles. The van der Waals surface area contributed by atoms with Gasteiger partial charge in [0.25, 0.3) is 0 Å². The van der Waals surface area contributed by atoms with Crippen molar-refractivity contribution in [3.05, 3.63) is 35.6 Å². The van der Waals surface area contributed by atoms with Gasteiger partial charge in [-0.1, -0.05) is 32.9 Å². The monoisotopic (exact) mass is 395 g/mol. The van der Waals surface area contributed by atoms with E-state index in [-0.39, 0.29) is 30.6 Å². The number of benzene rings is 1. The average molecular weight is 395 g/mol. The number of carbonyl (C=O) groups excluding carboxylic acids is 1. The number of amides is 1. The summed E-state index contributed by atoms with van der Waals surface area (Å²) in [6, 6.07) is 5.73. The molecule has 2 rings (SSSR count). The molecule has 0 aliphatic carbocycles. The van der Waals surface area contributed by atoms with E-state index in [0.717, 1.165) is 6.42 Å². The molecule has 1 aliphatic rings. The van der Waals surface area contributed by atoms with Crippen LogP contribution in [0.3, 0.4) is 0 Å². The SMILES string of the molecule is CCOC(=O)CO[C@@H](c1cccc(F)c1)C1CCCN(C(=O)O)[C@H]1C(C)(C)C. The van der Waals surface area contributed by atoms with Crippen LogP contribution >= 0.6 is 0 Å². The molecule has 1 unspecified atom stereocenters. The maximum atomic E-state index is 13.9. The van der Waals surface area contributed by atoms with Crippen LogP contribution in [0.4, 0.5) is 9.18 Å². The topological polar surface area (TPSA) is 76.1 Å². The van der Waals surface area contributed by atoms with Gasteiger partial charge in [0.1, 0.15) is 12.4 Å². The second-order valence-electron chi connectivity index (χ2n) is 8.18. The maximum absolute atomic E-state index is 13.9. The molecule has 28 heavy (non-hydrogen) atoms. The summed E-state index contributed by atoms with van der Waals surface area (Å²) in [6.45, 7) is 8.09. The van der Waals surface area contributed by atoms with Gasteiger partial charge in [0.15, 0.2) is 0 Å². The molecule has 0 aromatic heterocycles. The number of carbonyl (C=O) groups is 2. The number of rotatable bonds is 6. The summed E-state index contributed by atoms with van der Waals surface area (Å²) < 4.78 is 24.8. The van der Waals surface area contributed by atoms with Crippen LogP contribution in [0.5, 0.6) is 0 Å². The van der Waals surface area contributed by atoms with E-state index < -0.39 is 24.0 Å². The highest BCUT2D eigenvalue weighted by Gasteiger charge is 2.45. The van der Waals surface area contributed by atoms with Crippen LogP contribution in [0.1, 0.15) is 52.2 Å². The maximum Gasteiger partial charge on any atom is 0.407 e. The van der Waals surface area contributed by atoms with Gasteiger partial charge in [0.05, 0.1) is 12.7 Å². The predicted molar refractivity (Wildman–Crippen MR) is 102 cm³/mol. The van der Waals surface area contributed by atoms with Crippen LogP contribution < -0.4 is 0 Å². The Labute approximate surface area is 165 Å². The third-order valence-corrected chi connectivity index (χ3v) is 5.06. The van der Waals surface area contributed by atoms with Crippen LogP contribution in [0, 0.1) is 17.2 Å². The third kappa shape index (κ3) is 5.44. The minimum atomic E-state index is -0.979. The molecule has 6 nitrogen and oxygen atoms in total. The summed E-state index contributed by atoms with van der Waals surface area (Å²) >= 11 is 0. The number of nitrogens with zero attached hydrogens (tertiary/aromatic N) is 1. The standard InChI is InChI=1S/C21H30FNO5/c1-5-27-17(24)13-28-18(14-8-6-9-15(22)12-14)16-10-7-11-23(20(25)26)19(16)21(2,3)4/h6,8-9,12,16,18-19H,5,7,10-11,13H2,1-4H3,(H,25,26)/t16?,18-,19+/m0/s1. The summed E-state index contributed by atoms with van der Waals surface area (Å²) in [5, 5.41) is 9.73. The normalized spacial score (nSPS) is 21.2. The molecular formula is C21H30FNO5. The Kier molecular flexibility index (Phi) is 7.41. The van der Waals surface area contributed by atoms with Gasteiger partial charge in [-0.2, -0.15) is 0 Å². The van der Waals surface area contributed by atoms with Crippen molar-refractivity contribution in [3.63, 3.8) is 0 Å². The molecule has 3 atom stereocenters. The molecule has 1 heterocycles. The molecule has 1 aliphatic heterocycles. The van der Waals surface area contributed by atoms with Gasteiger partial charge in [-0.3, -0.25) is 0 Å². The molecule has 1 fully saturated rings. The van der Waals surface area contributed by atoms with E-state index in [1.165, 1.54) is 17.0 Å². The van der Waals surface area contributed by atoms with Crippen molar-refractivity contribution in [3.8, 4) is 0 Å². The summed E-state index contributed by atoms with van der Waals surface area (Å²) in [5.41, 5.74) is 0.235. The fourth-order valence-corrected chi connectivity index (χ4v) is 4.18. The lowest BCUT2D eigenvalue weighted by Crippen LogP contribution is -2.55. The number of carboxylic acid groups (broad SMARTS) is 1. The van der Waals surface area contributed by atoms with Crippen LogP contribution in [0.2, 0.25) is 0 Å². The fourth-order valence-electron chi connectivity index (χ4n) is 4.18. The summed E-state index contributed by atoms with van der Waals surface area (Å²) in [5.74, 6) is -1.12. The lowest BCUT2D eigenvalue weighted by atomic mass is 9.71. The van der Waals surface area contributed by atoms with E-state index in [2.05, 4.69) is 0 Å². The second-order valence-corrected chi connectivity index (χ2v) is 8.18. The van der Waals surface area contributed by atoms with Crippen LogP contribution in [-0.2, 0) is 14.3 Å². The first-order chi connectivity index (χ1) is 13.1. The largest absolute Gasteiger partial charge is 0.465 e. The zero-order chi connectivity index (χ0) is 20.9. The molecule has 156 valence electrons. The first kappa shape index (κ1) is 22.1. The van der Waals surface area contributed by atoms with Crippen molar-refractivity contribution >= 4 is 12.1 Å². The highest BCUT2D eigenvalue weighted by atomic mass is 19.1. The lowest BCUT2D eigenvalue weighted by Gasteiger charge is -2.49. The van der Waals surface area contributed by atoms with E-state index in [1.807, 2.05) is 20.8 Å². The predicted octanol–water partition coefficient (Wildman–Crippen LogP) is 4.25.